The Balaban J connectivity index is 0.000000225. The number of hydrogen-bond donors (Lipinski definition) is 1. The zero-order valence-electron chi connectivity index (χ0n) is 21.2. The van der Waals surface area contributed by atoms with E-state index < -0.39 is 11.7 Å². The number of likely N-dealkylation sites (tertiary alicyclic amines) is 1. The maximum atomic E-state index is 12.9. The SMILES string of the molecule is CC(=O)c1c(C)nn(-c2cccc(C(F)(F)F)c2)c1C1CC1.CCCC(CCC)N1CC[C@H](O)C1. The highest BCUT2D eigenvalue weighted by atomic mass is 19.4. The van der Waals surface area contributed by atoms with E-state index in [0.717, 1.165) is 56.2 Å². The van der Waals surface area contributed by atoms with E-state index >= 15 is 0 Å². The topological polar surface area (TPSA) is 58.4 Å². The Hall–Kier alpha value is -2.19. The number of halogens is 3. The molecule has 194 valence electrons. The number of carbonyl (C=O) groups excluding carboxylic acids is 1. The van der Waals surface area contributed by atoms with Crippen molar-refractivity contribution < 1.29 is 23.1 Å². The molecular formula is C27H38F3N3O2. The molecule has 0 bridgehead atoms. The molecule has 2 fully saturated rings. The van der Waals surface area contributed by atoms with Crippen LogP contribution in [-0.4, -0.2) is 50.8 Å². The van der Waals surface area contributed by atoms with Crippen molar-refractivity contribution in [2.75, 3.05) is 13.1 Å². The van der Waals surface area contributed by atoms with Crippen molar-refractivity contribution >= 4 is 5.78 Å². The molecule has 0 spiro atoms. The van der Waals surface area contributed by atoms with Crippen molar-refractivity contribution in [1.82, 2.24) is 14.7 Å². The van der Waals surface area contributed by atoms with Gasteiger partial charge in [0.2, 0.25) is 0 Å². The van der Waals surface area contributed by atoms with Gasteiger partial charge in [-0.25, -0.2) is 4.68 Å². The summed E-state index contributed by atoms with van der Waals surface area (Å²) in [5.41, 5.74) is 1.47. The largest absolute Gasteiger partial charge is 0.416 e. The molecule has 1 saturated carbocycles. The van der Waals surface area contributed by atoms with Gasteiger partial charge in [0.15, 0.2) is 5.78 Å². The minimum absolute atomic E-state index is 0.0591. The molecule has 1 aromatic carbocycles. The second-order valence-corrected chi connectivity index (χ2v) is 9.80. The first-order valence-electron chi connectivity index (χ1n) is 12.8. The number of aliphatic hydroxyl groups excluding tert-OH is 1. The van der Waals surface area contributed by atoms with Crippen LogP contribution in [0.3, 0.4) is 0 Å². The lowest BCUT2D eigenvalue weighted by molar-refractivity contribution is -0.137. The molecule has 35 heavy (non-hydrogen) atoms. The minimum atomic E-state index is -4.40. The molecule has 1 saturated heterocycles. The van der Waals surface area contributed by atoms with Crippen LogP contribution in [0.4, 0.5) is 13.2 Å². The number of aliphatic hydroxyl groups is 1. The fraction of sp³-hybridized carbons (Fsp3) is 0.630. The number of alkyl halides is 3. The summed E-state index contributed by atoms with van der Waals surface area (Å²) >= 11 is 0. The molecule has 8 heteroatoms. The Bertz CT molecular complexity index is 992. The van der Waals surface area contributed by atoms with Crippen molar-refractivity contribution in [3.8, 4) is 5.69 Å². The molecule has 2 aromatic rings. The van der Waals surface area contributed by atoms with Crippen LogP contribution in [-0.2, 0) is 6.18 Å². The van der Waals surface area contributed by atoms with Crippen molar-refractivity contribution in [1.29, 1.82) is 0 Å². The fourth-order valence-electron chi connectivity index (χ4n) is 5.00. The maximum Gasteiger partial charge on any atom is 0.416 e. The number of hydrogen-bond acceptors (Lipinski definition) is 4. The second-order valence-electron chi connectivity index (χ2n) is 9.80. The summed E-state index contributed by atoms with van der Waals surface area (Å²) in [7, 11) is 0. The number of aryl methyl sites for hydroxylation is 1. The molecule has 1 aliphatic heterocycles. The normalized spacial score (nSPS) is 18.6. The van der Waals surface area contributed by atoms with Gasteiger partial charge in [0, 0.05) is 25.0 Å². The van der Waals surface area contributed by atoms with Crippen molar-refractivity contribution in [2.45, 2.75) is 96.9 Å². The van der Waals surface area contributed by atoms with Gasteiger partial charge in [0.1, 0.15) is 0 Å². The second kappa shape index (κ2) is 11.7. The smallest absolute Gasteiger partial charge is 0.392 e. The molecule has 1 aromatic heterocycles. The summed E-state index contributed by atoms with van der Waals surface area (Å²) < 4.78 is 40.2. The third kappa shape index (κ3) is 6.94. The first-order chi connectivity index (χ1) is 16.6. The number of β-amino-alcohol motifs (C(OH)–C–C–N with tert-alkyl or cyclic N) is 1. The lowest BCUT2D eigenvalue weighted by Crippen LogP contribution is -2.33. The van der Waals surface area contributed by atoms with Gasteiger partial charge >= 0.3 is 6.18 Å². The Morgan fingerprint density at radius 1 is 1.17 bits per heavy atom. The molecule has 1 atom stereocenters. The Labute approximate surface area is 206 Å². The van der Waals surface area contributed by atoms with E-state index in [1.165, 1.54) is 43.4 Å². The van der Waals surface area contributed by atoms with E-state index in [1.54, 1.807) is 13.0 Å². The van der Waals surface area contributed by atoms with E-state index in [1.807, 2.05) is 0 Å². The van der Waals surface area contributed by atoms with Gasteiger partial charge in [-0.2, -0.15) is 18.3 Å². The molecule has 0 unspecified atom stereocenters. The molecule has 1 aliphatic carbocycles. The third-order valence-electron chi connectivity index (χ3n) is 6.79. The maximum absolute atomic E-state index is 12.9. The lowest BCUT2D eigenvalue weighted by Gasteiger charge is -2.26. The van der Waals surface area contributed by atoms with Crippen LogP contribution in [0.5, 0.6) is 0 Å². The van der Waals surface area contributed by atoms with E-state index in [2.05, 4.69) is 23.8 Å². The number of ketones is 1. The monoisotopic (exact) mass is 493 g/mol. The van der Waals surface area contributed by atoms with Crippen LogP contribution < -0.4 is 0 Å². The average molecular weight is 494 g/mol. The zero-order valence-corrected chi connectivity index (χ0v) is 21.2. The molecule has 0 amide bonds. The van der Waals surface area contributed by atoms with E-state index in [4.69, 9.17) is 0 Å². The average Bonchev–Trinajstić information content (AvgIpc) is 3.45. The summed E-state index contributed by atoms with van der Waals surface area (Å²) in [6, 6.07) is 5.77. The molecule has 0 radical (unpaired) electrons. The van der Waals surface area contributed by atoms with Crippen LogP contribution in [0.1, 0.15) is 98.9 Å². The predicted octanol–water partition coefficient (Wildman–Crippen LogP) is 6.30. The summed E-state index contributed by atoms with van der Waals surface area (Å²) in [4.78, 5) is 14.3. The van der Waals surface area contributed by atoms with Gasteiger partial charge < -0.3 is 5.11 Å². The molecule has 2 aliphatic rings. The van der Waals surface area contributed by atoms with Gasteiger partial charge in [-0.05, 0) is 64.2 Å². The first kappa shape index (κ1) is 27.4. The summed E-state index contributed by atoms with van der Waals surface area (Å²) in [5.74, 6) is 0.104. The number of benzene rings is 1. The quantitative estimate of drug-likeness (QED) is 0.439. The highest BCUT2D eigenvalue weighted by Gasteiger charge is 2.35. The van der Waals surface area contributed by atoms with Gasteiger partial charge in [-0.15, -0.1) is 0 Å². The Morgan fingerprint density at radius 3 is 2.31 bits per heavy atom. The molecular weight excluding hydrogens is 455 g/mol. The van der Waals surface area contributed by atoms with Crippen molar-refractivity contribution in [2.24, 2.45) is 0 Å². The van der Waals surface area contributed by atoms with E-state index in [0.29, 0.717) is 16.9 Å². The standard InChI is InChI=1S/C16H15F3N2O.C11H23NO/c1-9-14(10(2)22)15(11-6-7-11)21(20-9)13-5-3-4-12(8-13)16(17,18)19;1-3-5-10(6-4-2)12-8-7-11(13)9-12/h3-5,8,11H,6-7H2,1-2H3;10-11,13H,3-9H2,1-2H3/t;11-/m.0/s1. The molecule has 2 heterocycles. The van der Waals surface area contributed by atoms with Gasteiger partial charge in [-0.3, -0.25) is 9.69 Å². The van der Waals surface area contributed by atoms with Gasteiger partial charge in [0.05, 0.1) is 34.3 Å². The third-order valence-corrected chi connectivity index (χ3v) is 6.79. The Kier molecular flexibility index (Phi) is 9.16. The van der Waals surface area contributed by atoms with Crippen molar-refractivity contribution in [3.05, 3.63) is 46.8 Å². The van der Waals surface area contributed by atoms with Crippen LogP contribution in [0.15, 0.2) is 24.3 Å². The minimum Gasteiger partial charge on any atom is -0.392 e. The summed E-state index contributed by atoms with van der Waals surface area (Å²) in [6.45, 7) is 9.68. The number of aromatic nitrogens is 2. The first-order valence-corrected chi connectivity index (χ1v) is 12.8. The molecule has 4 rings (SSSR count). The zero-order chi connectivity index (χ0) is 25.8. The number of rotatable bonds is 8. The number of nitrogens with zero attached hydrogens (tertiary/aromatic N) is 3. The highest BCUT2D eigenvalue weighted by Crippen LogP contribution is 2.43. The highest BCUT2D eigenvalue weighted by molar-refractivity contribution is 5.96. The van der Waals surface area contributed by atoms with E-state index in [9.17, 15) is 23.1 Å². The molecule has 5 nitrogen and oxygen atoms in total. The fourth-order valence-corrected chi connectivity index (χ4v) is 5.00. The number of Topliss-reactive ketones (excluding diaryl/α,β-unsaturated/α-hetero) is 1. The van der Waals surface area contributed by atoms with E-state index in [-0.39, 0.29) is 17.8 Å². The van der Waals surface area contributed by atoms with Crippen LogP contribution in [0, 0.1) is 6.92 Å². The van der Waals surface area contributed by atoms with Gasteiger partial charge in [0.25, 0.3) is 0 Å². The molecule has 1 N–H and O–H groups in total. The van der Waals surface area contributed by atoms with Gasteiger partial charge in [-0.1, -0.05) is 32.8 Å². The van der Waals surface area contributed by atoms with Crippen molar-refractivity contribution in [3.63, 3.8) is 0 Å². The lowest BCUT2D eigenvalue weighted by atomic mass is 10.1. The summed E-state index contributed by atoms with van der Waals surface area (Å²) in [6.07, 6.45) is 3.49. The van der Waals surface area contributed by atoms with Crippen LogP contribution in [0.2, 0.25) is 0 Å². The predicted molar refractivity (Wildman–Crippen MR) is 131 cm³/mol. The number of carbonyl (C=O) groups is 1. The summed E-state index contributed by atoms with van der Waals surface area (Å²) in [5, 5.41) is 13.8. The van der Waals surface area contributed by atoms with Crippen LogP contribution >= 0.6 is 0 Å². The van der Waals surface area contributed by atoms with Crippen LogP contribution in [0.25, 0.3) is 5.69 Å². The Morgan fingerprint density at radius 2 is 1.83 bits per heavy atom.